The van der Waals surface area contributed by atoms with E-state index in [0.717, 1.165) is 11.4 Å². The molecule has 2 heterocycles. The minimum Gasteiger partial charge on any atom is -0.418 e. The van der Waals surface area contributed by atoms with E-state index in [9.17, 15) is 0 Å². The van der Waals surface area contributed by atoms with Crippen LogP contribution in [0.1, 0.15) is 17.0 Å². The van der Waals surface area contributed by atoms with Crippen LogP contribution in [0.2, 0.25) is 0 Å². The molecule has 0 aliphatic carbocycles. The van der Waals surface area contributed by atoms with Crippen LogP contribution in [0.3, 0.4) is 0 Å². The van der Waals surface area contributed by atoms with Crippen molar-refractivity contribution in [1.29, 1.82) is 0 Å². The number of H-pyrrole nitrogens is 1. The number of nitrogens with one attached hydrogen (secondary N) is 1. The first-order chi connectivity index (χ1) is 8.60. The van der Waals surface area contributed by atoms with E-state index in [1.54, 1.807) is 18.2 Å². The van der Waals surface area contributed by atoms with Gasteiger partial charge in [-0.3, -0.25) is 5.10 Å². The zero-order chi connectivity index (χ0) is 13.1. The van der Waals surface area contributed by atoms with E-state index >= 15 is 0 Å². The Bertz CT molecular complexity index is 591. The van der Waals surface area contributed by atoms with Gasteiger partial charge in [-0.1, -0.05) is 5.16 Å². The second-order valence-electron chi connectivity index (χ2n) is 3.78. The smallest absolute Gasteiger partial charge is 0.240 e. The van der Waals surface area contributed by atoms with E-state index in [1.165, 1.54) is 0 Å². The molecule has 94 valence electrons. The third kappa shape index (κ3) is 2.40. The van der Waals surface area contributed by atoms with Crippen LogP contribution in [0.15, 0.2) is 23.4 Å². The number of nitrogens with two attached hydrogens (primary N) is 1. The van der Waals surface area contributed by atoms with Crippen LogP contribution in [0.25, 0.3) is 0 Å². The minimum absolute atomic E-state index is 0.0650. The monoisotopic (exact) mass is 247 g/mol. The Morgan fingerprint density at radius 1 is 1.44 bits per heavy atom. The molecule has 0 saturated carbocycles. The second kappa shape index (κ2) is 4.74. The van der Waals surface area contributed by atoms with Crippen LogP contribution in [0.5, 0.6) is 11.8 Å². The molecule has 0 radical (unpaired) electrons. The van der Waals surface area contributed by atoms with Gasteiger partial charge < -0.3 is 15.7 Å². The predicted molar refractivity (Wildman–Crippen MR) is 64.9 cm³/mol. The molecule has 0 amide bonds. The van der Waals surface area contributed by atoms with Crippen LogP contribution in [-0.2, 0) is 0 Å². The lowest BCUT2D eigenvalue weighted by molar-refractivity contribution is 0.318. The lowest BCUT2D eigenvalue weighted by atomic mass is 10.2. The van der Waals surface area contributed by atoms with Crippen LogP contribution in [-0.4, -0.2) is 26.2 Å². The molecule has 0 bridgehead atoms. The first-order valence-corrected chi connectivity index (χ1v) is 5.25. The second-order valence-corrected chi connectivity index (χ2v) is 3.78. The summed E-state index contributed by atoms with van der Waals surface area (Å²) < 4.78 is 5.51. The van der Waals surface area contributed by atoms with E-state index in [-0.39, 0.29) is 11.7 Å². The molecule has 4 N–H and O–H groups in total. The van der Waals surface area contributed by atoms with Gasteiger partial charge in [-0.25, -0.2) is 4.98 Å². The fraction of sp³-hybridized carbons (Fsp3) is 0.182. The van der Waals surface area contributed by atoms with Crippen molar-refractivity contribution >= 4 is 5.84 Å². The van der Waals surface area contributed by atoms with Gasteiger partial charge in [0.2, 0.25) is 11.8 Å². The molecule has 2 rings (SSSR count). The van der Waals surface area contributed by atoms with Gasteiger partial charge in [-0.2, -0.15) is 0 Å². The van der Waals surface area contributed by atoms with Crippen molar-refractivity contribution < 1.29 is 9.94 Å². The summed E-state index contributed by atoms with van der Waals surface area (Å²) in [4.78, 5) is 4.20. The van der Waals surface area contributed by atoms with Crippen LogP contribution < -0.4 is 10.5 Å². The van der Waals surface area contributed by atoms with Gasteiger partial charge in [-0.05, 0) is 26.0 Å². The van der Waals surface area contributed by atoms with Crippen molar-refractivity contribution in [2.75, 3.05) is 0 Å². The molecule has 0 atom stereocenters. The first-order valence-electron chi connectivity index (χ1n) is 5.25. The summed E-state index contributed by atoms with van der Waals surface area (Å²) in [6, 6.07) is 5.14. The maximum Gasteiger partial charge on any atom is 0.240 e. The summed E-state index contributed by atoms with van der Waals surface area (Å²) >= 11 is 0. The average Bonchev–Trinajstić information content (AvgIpc) is 2.74. The number of hydrogen-bond donors (Lipinski definition) is 3. The van der Waals surface area contributed by atoms with Crippen molar-refractivity contribution in [3.8, 4) is 11.8 Å². The van der Waals surface area contributed by atoms with Crippen LogP contribution in [0.4, 0.5) is 0 Å². The van der Waals surface area contributed by atoms with E-state index in [0.29, 0.717) is 11.4 Å². The van der Waals surface area contributed by atoms with E-state index in [2.05, 4.69) is 20.3 Å². The van der Waals surface area contributed by atoms with Crippen molar-refractivity contribution in [2.24, 2.45) is 10.9 Å². The molecule has 0 aliphatic heterocycles. The summed E-state index contributed by atoms with van der Waals surface area (Å²) in [5.41, 5.74) is 7.58. The molecule has 0 aliphatic rings. The van der Waals surface area contributed by atoms with Crippen molar-refractivity contribution in [1.82, 2.24) is 15.2 Å². The highest BCUT2D eigenvalue weighted by Gasteiger charge is 2.12. The SMILES string of the molecule is Cc1ccc(/C(N)=N/O)c(Oc2cc(C)[nH]n2)n1. The first kappa shape index (κ1) is 11.9. The molecule has 0 aromatic carbocycles. The Hall–Kier alpha value is -2.57. The molecule has 0 spiro atoms. The third-order valence-corrected chi connectivity index (χ3v) is 2.27. The molecular weight excluding hydrogens is 234 g/mol. The van der Waals surface area contributed by atoms with E-state index in [1.807, 2.05) is 13.8 Å². The number of rotatable bonds is 3. The molecule has 7 heteroatoms. The molecule has 0 saturated heterocycles. The van der Waals surface area contributed by atoms with Crippen LogP contribution >= 0.6 is 0 Å². The average molecular weight is 247 g/mol. The highest BCUT2D eigenvalue weighted by atomic mass is 16.5. The van der Waals surface area contributed by atoms with Crippen molar-refractivity contribution in [3.63, 3.8) is 0 Å². The molecular formula is C11H13N5O2. The molecule has 0 fully saturated rings. The highest BCUT2D eigenvalue weighted by molar-refractivity contribution is 5.99. The van der Waals surface area contributed by atoms with Crippen LogP contribution in [0, 0.1) is 13.8 Å². The molecule has 18 heavy (non-hydrogen) atoms. The van der Waals surface area contributed by atoms with E-state index < -0.39 is 0 Å². The van der Waals surface area contributed by atoms with Gasteiger partial charge >= 0.3 is 0 Å². The van der Waals surface area contributed by atoms with Crippen molar-refractivity contribution in [2.45, 2.75) is 13.8 Å². The molecule has 7 nitrogen and oxygen atoms in total. The molecule has 2 aromatic heterocycles. The Kier molecular flexibility index (Phi) is 3.13. The Morgan fingerprint density at radius 3 is 2.83 bits per heavy atom. The molecule has 2 aromatic rings. The highest BCUT2D eigenvalue weighted by Crippen LogP contribution is 2.22. The maximum absolute atomic E-state index is 8.71. The Morgan fingerprint density at radius 2 is 2.22 bits per heavy atom. The normalized spacial score (nSPS) is 11.6. The van der Waals surface area contributed by atoms with Gasteiger partial charge in [-0.15, -0.1) is 5.10 Å². The number of aromatic amines is 1. The number of aryl methyl sites for hydroxylation is 2. The number of nitrogens with zero attached hydrogens (tertiary/aromatic N) is 3. The van der Waals surface area contributed by atoms with Gasteiger partial charge in [0.05, 0.1) is 5.56 Å². The van der Waals surface area contributed by atoms with Gasteiger partial charge in [0.15, 0.2) is 5.84 Å². The summed E-state index contributed by atoms with van der Waals surface area (Å²) in [6.07, 6.45) is 0. The number of oxime groups is 1. The quantitative estimate of drug-likeness (QED) is 0.328. The maximum atomic E-state index is 8.71. The fourth-order valence-corrected chi connectivity index (χ4v) is 1.40. The molecule has 0 unspecified atom stereocenters. The number of ether oxygens (including phenoxy) is 1. The van der Waals surface area contributed by atoms with Crippen molar-refractivity contribution in [3.05, 3.63) is 35.2 Å². The third-order valence-electron chi connectivity index (χ3n) is 2.27. The number of amidine groups is 1. The van der Waals surface area contributed by atoms with Gasteiger partial charge in [0.25, 0.3) is 0 Å². The number of pyridine rings is 1. The Labute approximate surface area is 103 Å². The largest absolute Gasteiger partial charge is 0.418 e. The summed E-state index contributed by atoms with van der Waals surface area (Å²) in [5.74, 6) is 0.555. The van der Waals surface area contributed by atoms with Gasteiger partial charge in [0, 0.05) is 17.5 Å². The number of aromatic nitrogens is 3. The van der Waals surface area contributed by atoms with Gasteiger partial charge in [0.1, 0.15) is 0 Å². The lowest BCUT2D eigenvalue weighted by Crippen LogP contribution is -2.15. The summed E-state index contributed by atoms with van der Waals surface area (Å²) in [6.45, 7) is 3.67. The predicted octanol–water partition coefficient (Wildman–Crippen LogP) is 1.31. The standard InChI is InChI=1S/C11H13N5O2/c1-6-3-4-8(10(12)16-17)11(13-6)18-9-5-7(2)14-15-9/h3-5,17H,1-2H3,(H2,12,16)(H,14,15). The lowest BCUT2D eigenvalue weighted by Gasteiger charge is -2.07. The topological polar surface area (TPSA) is 109 Å². The fourth-order valence-electron chi connectivity index (χ4n) is 1.40. The minimum atomic E-state index is -0.0650. The Balaban J connectivity index is 2.39. The zero-order valence-electron chi connectivity index (χ0n) is 10.0. The van der Waals surface area contributed by atoms with E-state index in [4.69, 9.17) is 15.7 Å². The zero-order valence-corrected chi connectivity index (χ0v) is 10.0. The number of hydrogen-bond acceptors (Lipinski definition) is 5. The summed E-state index contributed by atoms with van der Waals surface area (Å²) in [7, 11) is 0. The summed E-state index contributed by atoms with van der Waals surface area (Å²) in [5, 5.41) is 18.3.